The predicted molar refractivity (Wildman–Crippen MR) is 65.5 cm³/mol. The summed E-state index contributed by atoms with van der Waals surface area (Å²) >= 11 is 0. The Morgan fingerprint density at radius 3 is 2.82 bits per heavy atom. The van der Waals surface area contributed by atoms with Crippen LogP contribution < -0.4 is 5.32 Å². The minimum absolute atomic E-state index is 0.162. The number of rotatable bonds is 5. The quantitative estimate of drug-likeness (QED) is 0.758. The monoisotopic (exact) mass is 230 g/mol. The van der Waals surface area contributed by atoms with Crippen LogP contribution in [0.15, 0.2) is 36.9 Å². The van der Waals surface area contributed by atoms with E-state index in [4.69, 9.17) is 5.11 Å². The second kappa shape index (κ2) is 5.91. The molecule has 2 rings (SSSR count). The van der Waals surface area contributed by atoms with Crippen molar-refractivity contribution in [2.75, 3.05) is 18.5 Å². The molecule has 0 saturated heterocycles. The second-order valence-electron chi connectivity index (χ2n) is 3.50. The van der Waals surface area contributed by atoms with E-state index in [1.165, 1.54) is 0 Å². The highest BCUT2D eigenvalue weighted by Gasteiger charge is 2.06. The van der Waals surface area contributed by atoms with Crippen molar-refractivity contribution >= 4 is 5.82 Å². The Morgan fingerprint density at radius 1 is 1.18 bits per heavy atom. The first-order valence-electron chi connectivity index (χ1n) is 5.48. The van der Waals surface area contributed by atoms with Gasteiger partial charge in [-0.05, 0) is 18.6 Å². The van der Waals surface area contributed by atoms with E-state index in [0.717, 1.165) is 11.3 Å². The molecule has 0 aromatic carbocycles. The van der Waals surface area contributed by atoms with Gasteiger partial charge in [0.15, 0.2) is 5.82 Å². The van der Waals surface area contributed by atoms with Crippen LogP contribution in [0, 0.1) is 0 Å². The second-order valence-corrected chi connectivity index (χ2v) is 3.50. The summed E-state index contributed by atoms with van der Waals surface area (Å²) in [7, 11) is 0. The number of nitrogens with one attached hydrogen (secondary N) is 1. The van der Waals surface area contributed by atoms with Crippen LogP contribution in [0.5, 0.6) is 0 Å². The molecule has 2 N–H and O–H groups in total. The first-order valence-corrected chi connectivity index (χ1v) is 5.48. The first kappa shape index (κ1) is 11.5. The molecule has 2 aromatic rings. The zero-order valence-corrected chi connectivity index (χ0v) is 9.37. The Bertz CT molecular complexity index is 461. The highest BCUT2D eigenvalue weighted by atomic mass is 16.3. The van der Waals surface area contributed by atoms with E-state index >= 15 is 0 Å². The number of hydrogen-bond acceptors (Lipinski definition) is 5. The lowest BCUT2D eigenvalue weighted by molar-refractivity contribution is 0.292. The Kier molecular flexibility index (Phi) is 3.99. The summed E-state index contributed by atoms with van der Waals surface area (Å²) < 4.78 is 0. The lowest BCUT2D eigenvalue weighted by atomic mass is 10.2. The normalized spacial score (nSPS) is 10.2. The molecule has 0 spiro atoms. The minimum atomic E-state index is 0.162. The average Bonchev–Trinajstić information content (AvgIpc) is 2.41. The molecule has 0 aliphatic rings. The largest absolute Gasteiger partial charge is 0.396 e. The summed E-state index contributed by atoms with van der Waals surface area (Å²) in [6.45, 7) is 0.831. The van der Waals surface area contributed by atoms with E-state index in [-0.39, 0.29) is 6.61 Å². The van der Waals surface area contributed by atoms with E-state index in [1.807, 2.05) is 12.1 Å². The average molecular weight is 230 g/mol. The van der Waals surface area contributed by atoms with Gasteiger partial charge in [-0.25, -0.2) is 4.98 Å². The van der Waals surface area contributed by atoms with Crippen molar-refractivity contribution in [2.24, 2.45) is 0 Å². The number of anilines is 1. The van der Waals surface area contributed by atoms with Gasteiger partial charge in [0, 0.05) is 43.5 Å². The maximum atomic E-state index is 8.74. The molecule has 88 valence electrons. The van der Waals surface area contributed by atoms with E-state index in [9.17, 15) is 0 Å². The van der Waals surface area contributed by atoms with Gasteiger partial charge < -0.3 is 10.4 Å². The summed E-state index contributed by atoms with van der Waals surface area (Å²) in [6, 6.07) is 3.80. The van der Waals surface area contributed by atoms with E-state index < -0.39 is 0 Å². The summed E-state index contributed by atoms with van der Waals surface area (Å²) in [5, 5.41) is 11.9. The van der Waals surface area contributed by atoms with Gasteiger partial charge in [-0.3, -0.25) is 9.97 Å². The summed E-state index contributed by atoms with van der Waals surface area (Å²) in [4.78, 5) is 12.6. The Balaban J connectivity index is 2.22. The standard InChI is InChI=1S/C12H14N4O/c17-8-2-5-15-12-11(14-6-7-16-12)10-3-1-4-13-9-10/h1,3-4,6-7,9,17H,2,5,8H2,(H,15,16). The predicted octanol–water partition coefficient (Wildman–Crippen LogP) is 1.33. The zero-order valence-electron chi connectivity index (χ0n) is 9.37. The SMILES string of the molecule is OCCCNc1nccnc1-c1cccnc1. The number of aliphatic hydroxyl groups is 1. The number of nitrogens with zero attached hydrogens (tertiary/aromatic N) is 3. The molecule has 0 radical (unpaired) electrons. The molecule has 0 bridgehead atoms. The fourth-order valence-electron chi connectivity index (χ4n) is 1.47. The highest BCUT2D eigenvalue weighted by Crippen LogP contribution is 2.21. The van der Waals surface area contributed by atoms with Crippen molar-refractivity contribution in [3.63, 3.8) is 0 Å². The van der Waals surface area contributed by atoms with Crippen molar-refractivity contribution in [1.29, 1.82) is 0 Å². The van der Waals surface area contributed by atoms with Gasteiger partial charge in [0.1, 0.15) is 5.69 Å². The van der Waals surface area contributed by atoms with Gasteiger partial charge >= 0.3 is 0 Å². The van der Waals surface area contributed by atoms with E-state index in [0.29, 0.717) is 18.8 Å². The Hall–Kier alpha value is -2.01. The molecule has 0 aliphatic carbocycles. The number of hydrogen-bond donors (Lipinski definition) is 2. The summed E-state index contributed by atoms with van der Waals surface area (Å²) in [5.74, 6) is 0.717. The number of aliphatic hydroxyl groups excluding tert-OH is 1. The molecular weight excluding hydrogens is 216 g/mol. The number of pyridine rings is 1. The molecule has 2 heterocycles. The molecule has 17 heavy (non-hydrogen) atoms. The van der Waals surface area contributed by atoms with Gasteiger partial charge in [0.05, 0.1) is 0 Å². The van der Waals surface area contributed by atoms with Crippen LogP contribution >= 0.6 is 0 Å². The Morgan fingerprint density at radius 2 is 2.06 bits per heavy atom. The molecule has 2 aromatic heterocycles. The lowest BCUT2D eigenvalue weighted by Gasteiger charge is -2.08. The molecule has 0 unspecified atom stereocenters. The van der Waals surface area contributed by atoms with Gasteiger partial charge in [0.2, 0.25) is 0 Å². The zero-order chi connectivity index (χ0) is 11.9. The summed E-state index contributed by atoms with van der Waals surface area (Å²) in [6.07, 6.45) is 7.45. The van der Waals surface area contributed by atoms with Crippen LogP contribution in [0.4, 0.5) is 5.82 Å². The molecule has 5 heteroatoms. The third-order valence-corrected chi connectivity index (χ3v) is 2.26. The lowest BCUT2D eigenvalue weighted by Crippen LogP contribution is -2.07. The van der Waals surface area contributed by atoms with Crippen molar-refractivity contribution in [2.45, 2.75) is 6.42 Å². The maximum Gasteiger partial charge on any atom is 0.152 e. The van der Waals surface area contributed by atoms with Gasteiger partial charge in [-0.15, -0.1) is 0 Å². The van der Waals surface area contributed by atoms with Crippen LogP contribution in [0.2, 0.25) is 0 Å². The molecule has 0 aliphatic heterocycles. The molecule has 5 nitrogen and oxygen atoms in total. The summed E-state index contributed by atoms with van der Waals surface area (Å²) in [5.41, 5.74) is 1.70. The first-order chi connectivity index (χ1) is 8.42. The fourth-order valence-corrected chi connectivity index (χ4v) is 1.47. The third kappa shape index (κ3) is 2.98. The van der Waals surface area contributed by atoms with Crippen LogP contribution in [0.25, 0.3) is 11.3 Å². The van der Waals surface area contributed by atoms with E-state index in [2.05, 4.69) is 20.3 Å². The smallest absolute Gasteiger partial charge is 0.152 e. The fraction of sp³-hybridized carbons (Fsp3) is 0.250. The van der Waals surface area contributed by atoms with Crippen LogP contribution in [-0.4, -0.2) is 33.2 Å². The van der Waals surface area contributed by atoms with Crippen molar-refractivity contribution in [3.8, 4) is 11.3 Å². The third-order valence-electron chi connectivity index (χ3n) is 2.26. The molecule has 0 amide bonds. The minimum Gasteiger partial charge on any atom is -0.396 e. The van der Waals surface area contributed by atoms with Crippen molar-refractivity contribution in [3.05, 3.63) is 36.9 Å². The number of aromatic nitrogens is 3. The van der Waals surface area contributed by atoms with Crippen LogP contribution in [0.3, 0.4) is 0 Å². The van der Waals surface area contributed by atoms with Gasteiger partial charge in [0.25, 0.3) is 0 Å². The maximum absolute atomic E-state index is 8.74. The van der Waals surface area contributed by atoms with Crippen molar-refractivity contribution in [1.82, 2.24) is 15.0 Å². The van der Waals surface area contributed by atoms with Crippen molar-refractivity contribution < 1.29 is 5.11 Å². The Labute approximate surface area is 99.6 Å². The van der Waals surface area contributed by atoms with Gasteiger partial charge in [-0.2, -0.15) is 0 Å². The van der Waals surface area contributed by atoms with Gasteiger partial charge in [-0.1, -0.05) is 0 Å². The molecule has 0 saturated carbocycles. The molecular formula is C12H14N4O. The molecule has 0 atom stereocenters. The molecule has 0 fully saturated rings. The van der Waals surface area contributed by atoms with Crippen LogP contribution in [-0.2, 0) is 0 Å². The topological polar surface area (TPSA) is 70.9 Å². The van der Waals surface area contributed by atoms with E-state index in [1.54, 1.807) is 24.8 Å². The van der Waals surface area contributed by atoms with Crippen LogP contribution in [0.1, 0.15) is 6.42 Å². The highest BCUT2D eigenvalue weighted by molar-refractivity contribution is 5.70.